The predicted octanol–water partition coefficient (Wildman–Crippen LogP) is 7.40. The monoisotopic (exact) mass is 425 g/mol. The van der Waals surface area contributed by atoms with Crippen LogP contribution < -0.4 is 0 Å². The maximum atomic E-state index is 12.8. The van der Waals surface area contributed by atoms with Gasteiger partial charge in [-0.1, -0.05) is 54.7 Å². The van der Waals surface area contributed by atoms with Gasteiger partial charge in [0.05, 0.1) is 6.26 Å². The van der Waals surface area contributed by atoms with Crippen LogP contribution in [0.4, 0.5) is 0 Å². The Morgan fingerprint density at radius 2 is 1.71 bits per heavy atom. The Hall–Kier alpha value is -3.50. The molecule has 0 radical (unpaired) electrons. The molecule has 0 aliphatic carbocycles. The van der Waals surface area contributed by atoms with Crippen molar-refractivity contribution in [2.45, 2.75) is 23.6 Å². The van der Waals surface area contributed by atoms with E-state index in [0.717, 1.165) is 21.4 Å². The van der Waals surface area contributed by atoms with E-state index in [-0.39, 0.29) is 5.78 Å². The third-order valence-electron chi connectivity index (χ3n) is 5.06. The number of nitrogens with one attached hydrogen (secondary N) is 1. The molecule has 1 heterocycles. The molecule has 31 heavy (non-hydrogen) atoms. The highest BCUT2D eigenvalue weighted by molar-refractivity contribution is 7.99. The number of aromatic amines is 1. The van der Waals surface area contributed by atoms with Crippen LogP contribution in [0.1, 0.15) is 28.4 Å². The number of Topliss-reactive ketones (excluding diaryl/α,β-unsaturated/α-hetero) is 1. The summed E-state index contributed by atoms with van der Waals surface area (Å²) < 4.78 is 5.71. The number of carbonyl (C=O) groups is 1. The summed E-state index contributed by atoms with van der Waals surface area (Å²) in [5.41, 5.74) is 4.27. The molecule has 0 amide bonds. The summed E-state index contributed by atoms with van der Waals surface area (Å²) in [6.07, 6.45) is 3.34. The number of carbonyl (C=O) groups excluding carboxylic acids is 1. The van der Waals surface area contributed by atoms with E-state index in [2.05, 4.69) is 30.6 Å². The van der Waals surface area contributed by atoms with Crippen molar-refractivity contribution in [3.8, 4) is 0 Å². The Morgan fingerprint density at radius 1 is 1.00 bits per heavy atom. The maximum Gasteiger partial charge on any atom is 0.191 e. The van der Waals surface area contributed by atoms with Gasteiger partial charge < -0.3 is 9.72 Å². The van der Waals surface area contributed by atoms with Crippen molar-refractivity contribution in [1.29, 1.82) is 0 Å². The number of hydrogen-bond donors (Lipinski definition) is 1. The highest BCUT2D eigenvalue weighted by atomic mass is 32.2. The second-order valence-corrected chi connectivity index (χ2v) is 8.43. The molecule has 0 atom stereocenters. The first-order valence-corrected chi connectivity index (χ1v) is 10.8. The highest BCUT2D eigenvalue weighted by Crippen LogP contribution is 2.30. The molecule has 0 saturated carbocycles. The van der Waals surface area contributed by atoms with Gasteiger partial charge in [-0.15, -0.1) is 0 Å². The number of H-pyrrole nitrogens is 1. The Labute approximate surface area is 186 Å². The molecule has 4 heteroatoms. The van der Waals surface area contributed by atoms with Gasteiger partial charge in [-0.2, -0.15) is 0 Å². The van der Waals surface area contributed by atoms with Crippen LogP contribution in [0, 0.1) is 6.92 Å². The largest absolute Gasteiger partial charge is 0.464 e. The van der Waals surface area contributed by atoms with E-state index in [4.69, 9.17) is 4.74 Å². The SMILES string of the molecule is C=C(O/C=C(\C)C(=O)c1ccc(Sc2ccccc2C)cc1)c1c[nH]c2ccccc12. The number of ether oxygens (including phenoxy) is 1. The van der Waals surface area contributed by atoms with Gasteiger partial charge in [0, 0.05) is 43.6 Å². The van der Waals surface area contributed by atoms with Crippen LogP contribution in [0.2, 0.25) is 0 Å². The Kier molecular flexibility index (Phi) is 6.10. The van der Waals surface area contributed by atoms with Crippen molar-refractivity contribution < 1.29 is 9.53 Å². The number of rotatable bonds is 7. The number of allylic oxidation sites excluding steroid dienone is 1. The fraction of sp³-hybridized carbons (Fsp3) is 0.0741. The second-order valence-electron chi connectivity index (χ2n) is 7.31. The van der Waals surface area contributed by atoms with E-state index in [9.17, 15) is 4.79 Å². The fourth-order valence-corrected chi connectivity index (χ4v) is 4.18. The van der Waals surface area contributed by atoms with Gasteiger partial charge >= 0.3 is 0 Å². The number of benzene rings is 3. The van der Waals surface area contributed by atoms with Crippen LogP contribution in [0.5, 0.6) is 0 Å². The van der Waals surface area contributed by atoms with Crippen molar-refractivity contribution >= 4 is 34.2 Å². The summed E-state index contributed by atoms with van der Waals surface area (Å²) >= 11 is 1.69. The van der Waals surface area contributed by atoms with Crippen LogP contribution in [0.15, 0.2) is 107 Å². The smallest absolute Gasteiger partial charge is 0.191 e. The number of ketones is 1. The fourth-order valence-electron chi connectivity index (χ4n) is 3.28. The van der Waals surface area contributed by atoms with Gasteiger partial charge in [0.25, 0.3) is 0 Å². The molecule has 0 saturated heterocycles. The van der Waals surface area contributed by atoms with Gasteiger partial charge in [0.1, 0.15) is 5.76 Å². The minimum absolute atomic E-state index is 0.0702. The molecule has 1 N–H and O–H groups in total. The Bertz CT molecular complexity index is 1280. The predicted molar refractivity (Wildman–Crippen MR) is 128 cm³/mol. The van der Waals surface area contributed by atoms with E-state index < -0.39 is 0 Å². The lowest BCUT2D eigenvalue weighted by Gasteiger charge is -2.07. The number of aromatic nitrogens is 1. The van der Waals surface area contributed by atoms with E-state index in [1.807, 2.05) is 66.9 Å². The first-order chi connectivity index (χ1) is 15.0. The minimum atomic E-state index is -0.0702. The molecule has 1 aromatic heterocycles. The maximum absolute atomic E-state index is 12.8. The first-order valence-electron chi connectivity index (χ1n) is 10.00. The molecule has 4 rings (SSSR count). The third kappa shape index (κ3) is 4.65. The van der Waals surface area contributed by atoms with E-state index in [0.29, 0.717) is 16.9 Å². The van der Waals surface area contributed by atoms with Gasteiger partial charge in [-0.05, 0) is 55.8 Å². The molecule has 3 aromatic carbocycles. The summed E-state index contributed by atoms with van der Waals surface area (Å²) in [6.45, 7) is 7.86. The second kappa shape index (κ2) is 9.11. The van der Waals surface area contributed by atoms with Crippen LogP contribution in [0.3, 0.4) is 0 Å². The zero-order valence-corrected chi connectivity index (χ0v) is 18.3. The average molecular weight is 426 g/mol. The minimum Gasteiger partial charge on any atom is -0.464 e. The van der Waals surface area contributed by atoms with Crippen molar-refractivity contribution in [3.05, 3.63) is 114 Å². The molecule has 4 aromatic rings. The van der Waals surface area contributed by atoms with Crippen LogP contribution in [-0.2, 0) is 4.74 Å². The van der Waals surface area contributed by atoms with E-state index >= 15 is 0 Å². The molecule has 0 bridgehead atoms. The number of aryl methyl sites for hydroxylation is 1. The lowest BCUT2D eigenvalue weighted by atomic mass is 10.1. The van der Waals surface area contributed by atoms with Crippen molar-refractivity contribution in [1.82, 2.24) is 4.98 Å². The zero-order valence-electron chi connectivity index (χ0n) is 17.5. The van der Waals surface area contributed by atoms with Crippen LogP contribution >= 0.6 is 11.8 Å². The van der Waals surface area contributed by atoms with E-state index in [1.54, 1.807) is 18.7 Å². The molecule has 0 aliphatic rings. The number of para-hydroxylation sites is 1. The molecule has 154 valence electrons. The Morgan fingerprint density at radius 3 is 2.48 bits per heavy atom. The zero-order chi connectivity index (χ0) is 21.8. The molecular formula is C27H23NO2S. The molecule has 0 fully saturated rings. The topological polar surface area (TPSA) is 42.1 Å². The lowest BCUT2D eigenvalue weighted by molar-refractivity contribution is 0.103. The average Bonchev–Trinajstić information content (AvgIpc) is 3.23. The summed E-state index contributed by atoms with van der Waals surface area (Å²) in [4.78, 5) is 18.3. The van der Waals surface area contributed by atoms with Crippen molar-refractivity contribution in [2.24, 2.45) is 0 Å². The summed E-state index contributed by atoms with van der Waals surface area (Å²) in [7, 11) is 0. The van der Waals surface area contributed by atoms with Crippen molar-refractivity contribution in [2.75, 3.05) is 0 Å². The molecule has 3 nitrogen and oxygen atoms in total. The summed E-state index contributed by atoms with van der Waals surface area (Å²) in [5, 5.41) is 1.03. The van der Waals surface area contributed by atoms with Gasteiger partial charge in [-0.25, -0.2) is 0 Å². The van der Waals surface area contributed by atoms with Crippen LogP contribution in [0.25, 0.3) is 16.7 Å². The summed E-state index contributed by atoms with van der Waals surface area (Å²) in [5.74, 6) is 0.425. The third-order valence-corrected chi connectivity index (χ3v) is 6.25. The normalized spacial score (nSPS) is 11.5. The lowest BCUT2D eigenvalue weighted by Crippen LogP contribution is -2.01. The molecule has 0 aliphatic heterocycles. The van der Waals surface area contributed by atoms with Gasteiger partial charge in [0.2, 0.25) is 0 Å². The number of fused-ring (bicyclic) bond motifs is 1. The van der Waals surface area contributed by atoms with E-state index in [1.165, 1.54) is 16.7 Å². The standard InChI is InChI=1S/C27H23NO2S/c1-18-8-4-7-11-26(18)31-22-14-12-21(13-15-22)27(29)19(2)17-30-20(3)24-16-28-25-10-6-5-9-23(24)25/h4-17,28H,3H2,1-2H3/b19-17+. The highest BCUT2D eigenvalue weighted by Gasteiger charge is 2.11. The molecule has 0 spiro atoms. The van der Waals surface area contributed by atoms with Gasteiger partial charge in [0.15, 0.2) is 5.78 Å². The first kappa shape index (κ1) is 20.8. The van der Waals surface area contributed by atoms with Crippen LogP contribution in [-0.4, -0.2) is 10.8 Å². The molecule has 0 unspecified atom stereocenters. The quantitative estimate of drug-likeness (QED) is 0.190. The van der Waals surface area contributed by atoms with Crippen molar-refractivity contribution in [3.63, 3.8) is 0 Å². The summed E-state index contributed by atoms with van der Waals surface area (Å²) in [6, 6.07) is 23.9. The number of hydrogen-bond acceptors (Lipinski definition) is 3. The van der Waals surface area contributed by atoms with Gasteiger partial charge in [-0.3, -0.25) is 4.79 Å². The molecular weight excluding hydrogens is 402 g/mol. The Balaban J connectivity index is 1.43.